The minimum Gasteiger partial charge on any atom is -0.479 e. The van der Waals surface area contributed by atoms with Gasteiger partial charge in [-0.2, -0.15) is 0 Å². The van der Waals surface area contributed by atoms with E-state index in [-0.39, 0.29) is 18.9 Å². The number of aliphatic carboxylic acids is 1. The van der Waals surface area contributed by atoms with Gasteiger partial charge in [0.15, 0.2) is 18.7 Å². The number of carboxylic acids is 1. The van der Waals surface area contributed by atoms with Gasteiger partial charge in [-0.1, -0.05) is 6.92 Å². The monoisotopic (exact) mass is 407 g/mol. The molecular weight excluding hydrogens is 378 g/mol. The summed E-state index contributed by atoms with van der Waals surface area (Å²) >= 11 is 0. The second-order valence-corrected chi connectivity index (χ2v) is 6.98. The van der Waals surface area contributed by atoms with Crippen LogP contribution in [0.1, 0.15) is 20.3 Å². The van der Waals surface area contributed by atoms with Gasteiger partial charge >= 0.3 is 5.97 Å². The topological polar surface area (TPSA) is 153 Å². The van der Waals surface area contributed by atoms with Gasteiger partial charge < -0.3 is 44.3 Å². The molecule has 0 radical (unpaired) electrons. The Morgan fingerprint density at radius 3 is 2.36 bits per heavy atom. The highest BCUT2D eigenvalue weighted by Gasteiger charge is 2.49. The van der Waals surface area contributed by atoms with Crippen molar-refractivity contribution in [1.82, 2.24) is 5.32 Å². The Morgan fingerprint density at radius 2 is 1.86 bits per heavy atom. The van der Waals surface area contributed by atoms with E-state index in [9.17, 15) is 24.9 Å². The van der Waals surface area contributed by atoms with Gasteiger partial charge in [0, 0.05) is 33.5 Å². The molecule has 0 spiro atoms. The summed E-state index contributed by atoms with van der Waals surface area (Å²) in [6, 6.07) is -0.732. The van der Waals surface area contributed by atoms with Crippen LogP contribution in [0.3, 0.4) is 0 Å². The zero-order chi connectivity index (χ0) is 21.0. The lowest BCUT2D eigenvalue weighted by Gasteiger charge is -2.47. The van der Waals surface area contributed by atoms with E-state index in [1.807, 2.05) is 0 Å². The van der Waals surface area contributed by atoms with Crippen molar-refractivity contribution in [2.45, 2.75) is 69.4 Å². The van der Waals surface area contributed by atoms with Crippen LogP contribution in [0.2, 0.25) is 0 Å². The Kier molecular flexibility index (Phi) is 8.13. The Morgan fingerprint density at radius 1 is 1.18 bits per heavy atom. The second kappa shape index (κ2) is 9.92. The van der Waals surface area contributed by atoms with Crippen molar-refractivity contribution in [2.75, 3.05) is 20.8 Å². The first-order chi connectivity index (χ1) is 13.2. The van der Waals surface area contributed by atoms with E-state index in [2.05, 4.69) is 5.32 Å². The van der Waals surface area contributed by atoms with Crippen LogP contribution in [0.5, 0.6) is 0 Å². The molecule has 0 aliphatic carbocycles. The molecule has 11 heteroatoms. The minimum absolute atomic E-state index is 0.0272. The number of aliphatic hydroxyl groups excluding tert-OH is 2. The van der Waals surface area contributed by atoms with E-state index in [0.29, 0.717) is 0 Å². The molecule has 0 aromatic carbocycles. The maximum atomic E-state index is 11.7. The summed E-state index contributed by atoms with van der Waals surface area (Å²) in [6.45, 7) is 2.79. The molecular formula is C17H29NO10. The summed E-state index contributed by atoms with van der Waals surface area (Å²) in [5, 5.41) is 31.9. The number of ether oxygens (including phenoxy) is 5. The van der Waals surface area contributed by atoms with Crippen molar-refractivity contribution in [3.63, 3.8) is 0 Å². The van der Waals surface area contributed by atoms with Gasteiger partial charge in [-0.15, -0.1) is 0 Å². The lowest BCUT2D eigenvalue weighted by Crippen LogP contribution is -2.64. The number of hydrogen-bond donors (Lipinski definition) is 4. The van der Waals surface area contributed by atoms with Gasteiger partial charge in [0.2, 0.25) is 5.91 Å². The number of methoxy groups -OCH3 is 2. The highest BCUT2D eigenvalue weighted by atomic mass is 16.7. The first-order valence-corrected chi connectivity index (χ1v) is 9.04. The van der Waals surface area contributed by atoms with E-state index in [0.717, 1.165) is 0 Å². The summed E-state index contributed by atoms with van der Waals surface area (Å²) in [7, 11) is 2.68. The number of carboxylic acid groups (broad SMARTS) is 1. The van der Waals surface area contributed by atoms with Gasteiger partial charge in [0.25, 0.3) is 0 Å². The van der Waals surface area contributed by atoms with Gasteiger partial charge in [0.1, 0.15) is 12.1 Å². The van der Waals surface area contributed by atoms with Crippen molar-refractivity contribution < 1.29 is 48.6 Å². The van der Waals surface area contributed by atoms with E-state index in [1.165, 1.54) is 21.1 Å². The van der Waals surface area contributed by atoms with Crippen LogP contribution in [0.4, 0.5) is 0 Å². The molecule has 162 valence electrons. The molecule has 2 fully saturated rings. The largest absolute Gasteiger partial charge is 0.479 e. The third-order valence-corrected chi connectivity index (χ3v) is 5.08. The average Bonchev–Trinajstić information content (AvgIpc) is 2.64. The average molecular weight is 407 g/mol. The molecule has 0 saturated carbocycles. The molecule has 2 rings (SSSR count). The summed E-state index contributed by atoms with van der Waals surface area (Å²) in [5.41, 5.74) is 0. The summed E-state index contributed by atoms with van der Waals surface area (Å²) in [6.07, 6.45) is -6.92. The van der Waals surface area contributed by atoms with Gasteiger partial charge in [0.05, 0.1) is 24.9 Å². The molecule has 1 amide bonds. The molecule has 2 saturated heterocycles. The van der Waals surface area contributed by atoms with Crippen molar-refractivity contribution in [3.05, 3.63) is 0 Å². The molecule has 2 aliphatic rings. The van der Waals surface area contributed by atoms with Gasteiger partial charge in [-0.05, 0) is 0 Å². The normalized spacial score (nSPS) is 41.4. The van der Waals surface area contributed by atoms with Crippen LogP contribution >= 0.6 is 0 Å². The highest BCUT2D eigenvalue weighted by Crippen LogP contribution is 2.32. The zero-order valence-electron chi connectivity index (χ0n) is 16.3. The molecule has 9 unspecified atom stereocenters. The molecule has 0 aromatic heterocycles. The third kappa shape index (κ3) is 4.98. The Hall–Kier alpha value is -1.34. The number of amides is 1. The summed E-state index contributed by atoms with van der Waals surface area (Å²) in [4.78, 5) is 23.1. The molecule has 0 aromatic rings. The maximum Gasteiger partial charge on any atom is 0.335 e. The van der Waals surface area contributed by atoms with E-state index >= 15 is 0 Å². The Labute approximate surface area is 162 Å². The van der Waals surface area contributed by atoms with Gasteiger partial charge in [-0.3, -0.25) is 4.79 Å². The Balaban J connectivity index is 2.22. The molecule has 0 bridgehead atoms. The SMILES string of the molecule is COC1OC(CO)C(C)C(OC2CC(O)C(OC)C(C(=O)O)O2)C1NC(C)=O. The number of carbonyl (C=O) groups excluding carboxylic acids is 1. The number of hydrogen-bond acceptors (Lipinski definition) is 9. The highest BCUT2D eigenvalue weighted by molar-refractivity contribution is 5.73. The quantitative estimate of drug-likeness (QED) is 0.390. The van der Waals surface area contributed by atoms with Crippen LogP contribution in [-0.4, -0.2) is 97.2 Å². The van der Waals surface area contributed by atoms with Crippen LogP contribution in [0.25, 0.3) is 0 Å². The molecule has 9 atom stereocenters. The van der Waals surface area contributed by atoms with Crippen LogP contribution in [-0.2, 0) is 33.3 Å². The standard InChI is InChI=1S/C17H29NO10/c1-7-10(6-19)26-17(25-4)12(18-8(2)20)13(7)27-11-5-9(21)14(24-3)15(28-11)16(22)23/h7,9-15,17,19,21H,5-6H2,1-4H3,(H,18,20)(H,22,23). The fourth-order valence-corrected chi connectivity index (χ4v) is 3.65. The van der Waals surface area contributed by atoms with E-state index in [4.69, 9.17) is 23.7 Å². The number of nitrogens with one attached hydrogen (secondary N) is 1. The first-order valence-electron chi connectivity index (χ1n) is 9.04. The second-order valence-electron chi connectivity index (χ2n) is 6.98. The molecule has 4 N–H and O–H groups in total. The Bertz CT molecular complexity index is 546. The number of carbonyl (C=O) groups is 2. The smallest absolute Gasteiger partial charge is 0.335 e. The van der Waals surface area contributed by atoms with Crippen molar-refractivity contribution in [1.29, 1.82) is 0 Å². The van der Waals surface area contributed by atoms with Crippen LogP contribution < -0.4 is 5.32 Å². The number of rotatable bonds is 7. The first kappa shape index (κ1) is 22.9. The molecule has 2 heterocycles. The van der Waals surface area contributed by atoms with E-state index < -0.39 is 61.0 Å². The van der Waals surface area contributed by atoms with Crippen LogP contribution in [0, 0.1) is 5.92 Å². The lowest BCUT2D eigenvalue weighted by molar-refractivity contribution is -0.307. The summed E-state index contributed by atoms with van der Waals surface area (Å²) < 4.78 is 27.5. The van der Waals surface area contributed by atoms with Crippen LogP contribution in [0.15, 0.2) is 0 Å². The van der Waals surface area contributed by atoms with Crippen molar-refractivity contribution in [2.24, 2.45) is 5.92 Å². The fourth-order valence-electron chi connectivity index (χ4n) is 3.65. The fraction of sp³-hybridized carbons (Fsp3) is 0.882. The minimum atomic E-state index is -1.42. The lowest BCUT2D eigenvalue weighted by atomic mass is 9.88. The zero-order valence-corrected chi connectivity index (χ0v) is 16.3. The predicted octanol–water partition coefficient (Wildman–Crippen LogP) is -1.55. The summed E-state index contributed by atoms with van der Waals surface area (Å²) in [5.74, 6) is -2.02. The predicted molar refractivity (Wildman–Crippen MR) is 92.1 cm³/mol. The van der Waals surface area contributed by atoms with E-state index in [1.54, 1.807) is 6.92 Å². The van der Waals surface area contributed by atoms with Crippen molar-refractivity contribution in [3.8, 4) is 0 Å². The molecule has 2 aliphatic heterocycles. The third-order valence-electron chi connectivity index (χ3n) is 5.08. The molecule has 11 nitrogen and oxygen atoms in total. The number of aliphatic hydroxyl groups is 2. The van der Waals surface area contributed by atoms with Crippen molar-refractivity contribution >= 4 is 11.9 Å². The van der Waals surface area contributed by atoms with Gasteiger partial charge in [-0.25, -0.2) is 4.79 Å². The molecule has 28 heavy (non-hydrogen) atoms. The maximum absolute atomic E-state index is 11.7.